The Kier molecular flexibility index (Phi) is 18.6. The predicted molar refractivity (Wildman–Crippen MR) is 210 cm³/mol. The Balaban J connectivity index is 2.23. The molecule has 0 unspecified atom stereocenters. The zero-order valence-corrected chi connectivity index (χ0v) is 35.2. The third-order valence-corrected chi connectivity index (χ3v) is 11.5. The van der Waals surface area contributed by atoms with Crippen LogP contribution in [-0.2, 0) is 28.7 Å². The first kappa shape index (κ1) is 46.3. The van der Waals surface area contributed by atoms with Gasteiger partial charge in [0.05, 0.1) is 54.8 Å². The van der Waals surface area contributed by atoms with Crippen LogP contribution in [0.1, 0.15) is 107 Å². The molecule has 2 N–H and O–H groups in total. The fourth-order valence-electron chi connectivity index (χ4n) is 8.16. The number of amides is 3. The molecule has 1 aliphatic heterocycles. The summed E-state index contributed by atoms with van der Waals surface area (Å²) in [5.74, 6) is -1.57. The van der Waals surface area contributed by atoms with Crippen molar-refractivity contribution in [2.45, 2.75) is 143 Å². The summed E-state index contributed by atoms with van der Waals surface area (Å²) in [4.78, 5) is 61.2. The van der Waals surface area contributed by atoms with Crippen molar-refractivity contribution in [1.29, 1.82) is 0 Å². The maximum Gasteiger partial charge on any atom is 0.226 e. The number of carbonyl (C=O) groups is 4. The van der Waals surface area contributed by atoms with Crippen LogP contribution in [-0.4, -0.2) is 121 Å². The molecule has 0 aliphatic carbocycles. The highest BCUT2D eigenvalue weighted by atomic mass is 16.5. The van der Waals surface area contributed by atoms with E-state index in [2.05, 4.69) is 24.1 Å². The van der Waals surface area contributed by atoms with Crippen LogP contribution < -0.4 is 5.32 Å². The number of nitrogens with one attached hydrogen (secondary N) is 1. The predicted octanol–water partition coefficient (Wildman–Crippen LogP) is 5.35. The lowest BCUT2D eigenvalue weighted by Gasteiger charge is -2.40. The van der Waals surface area contributed by atoms with Gasteiger partial charge in [-0.25, -0.2) is 0 Å². The van der Waals surface area contributed by atoms with Crippen molar-refractivity contribution in [3.8, 4) is 0 Å². The van der Waals surface area contributed by atoms with Gasteiger partial charge in [0, 0.05) is 46.2 Å². The number of ether oxygens (including phenoxy) is 2. The molecular formula is C42H72N4O7. The molecule has 1 aromatic carbocycles. The van der Waals surface area contributed by atoms with Gasteiger partial charge < -0.3 is 29.7 Å². The summed E-state index contributed by atoms with van der Waals surface area (Å²) < 4.78 is 11.9. The molecule has 0 saturated carbocycles. The first-order valence-electron chi connectivity index (χ1n) is 19.7. The number of hydrogen-bond donors (Lipinski definition) is 2. The van der Waals surface area contributed by atoms with E-state index in [1.165, 1.54) is 0 Å². The van der Waals surface area contributed by atoms with Crippen LogP contribution in [0.3, 0.4) is 0 Å². The monoisotopic (exact) mass is 745 g/mol. The number of methoxy groups -OCH3 is 2. The molecule has 53 heavy (non-hydrogen) atoms. The molecule has 0 aromatic heterocycles. The molecule has 1 aliphatic rings. The number of ketones is 1. The highest BCUT2D eigenvalue weighted by Gasteiger charge is 2.43. The number of nitrogens with zero attached hydrogens (tertiary/aromatic N) is 3. The minimum absolute atomic E-state index is 0.0428. The number of aliphatic hydroxyl groups excluding tert-OH is 1. The second kappa shape index (κ2) is 21.3. The quantitative estimate of drug-likeness (QED) is 0.173. The number of aliphatic hydroxyl groups is 1. The van der Waals surface area contributed by atoms with Crippen LogP contribution in [0.4, 0.5) is 0 Å². The molecule has 1 fully saturated rings. The third kappa shape index (κ3) is 12.1. The molecule has 302 valence electrons. The summed E-state index contributed by atoms with van der Waals surface area (Å²) >= 11 is 0. The molecule has 0 radical (unpaired) electrons. The van der Waals surface area contributed by atoms with Crippen LogP contribution in [0.15, 0.2) is 30.3 Å². The first-order valence-corrected chi connectivity index (χ1v) is 19.7. The van der Waals surface area contributed by atoms with E-state index in [9.17, 15) is 24.3 Å². The van der Waals surface area contributed by atoms with Crippen molar-refractivity contribution in [1.82, 2.24) is 20.0 Å². The van der Waals surface area contributed by atoms with Gasteiger partial charge in [0.25, 0.3) is 0 Å². The number of hydrogen-bond acceptors (Lipinski definition) is 8. The summed E-state index contributed by atoms with van der Waals surface area (Å²) in [7, 11) is 6.86. The van der Waals surface area contributed by atoms with Gasteiger partial charge in [-0.1, -0.05) is 78.8 Å². The van der Waals surface area contributed by atoms with Crippen molar-refractivity contribution < 1.29 is 33.8 Å². The van der Waals surface area contributed by atoms with E-state index in [0.29, 0.717) is 18.5 Å². The van der Waals surface area contributed by atoms with Gasteiger partial charge in [0.2, 0.25) is 17.7 Å². The Morgan fingerprint density at radius 2 is 1.47 bits per heavy atom. The van der Waals surface area contributed by atoms with E-state index >= 15 is 0 Å². The summed E-state index contributed by atoms with van der Waals surface area (Å²) in [6.07, 6.45) is -0.397. The fraction of sp³-hybridized carbons (Fsp3) is 0.762. The molecule has 11 heteroatoms. The lowest BCUT2D eigenvalue weighted by molar-refractivity contribution is -0.149. The van der Waals surface area contributed by atoms with Crippen molar-refractivity contribution in [2.24, 2.45) is 29.6 Å². The third-order valence-electron chi connectivity index (χ3n) is 11.5. The number of Topliss-reactive ketones (excluding diaryl/α,β-unsaturated/α-hetero) is 1. The lowest BCUT2D eigenvalue weighted by Crippen LogP contribution is -2.54. The zero-order valence-electron chi connectivity index (χ0n) is 35.2. The van der Waals surface area contributed by atoms with Crippen molar-refractivity contribution in [2.75, 3.05) is 34.9 Å². The Labute approximate surface area is 320 Å². The average molecular weight is 745 g/mol. The minimum Gasteiger partial charge on any atom is -0.386 e. The van der Waals surface area contributed by atoms with Gasteiger partial charge in [-0.15, -0.1) is 0 Å². The first-order chi connectivity index (χ1) is 24.8. The molecule has 2 rings (SSSR count). The van der Waals surface area contributed by atoms with Crippen LogP contribution >= 0.6 is 0 Å². The minimum atomic E-state index is -0.873. The topological polar surface area (TPSA) is 129 Å². The Morgan fingerprint density at radius 1 is 0.868 bits per heavy atom. The van der Waals surface area contributed by atoms with E-state index in [1.54, 1.807) is 44.9 Å². The fourth-order valence-corrected chi connectivity index (χ4v) is 8.16. The molecule has 0 spiro atoms. The number of rotatable bonds is 21. The number of likely N-dealkylation sites (N-methyl/N-ethyl adjacent to an activating group) is 2. The molecule has 1 heterocycles. The van der Waals surface area contributed by atoms with E-state index in [0.717, 1.165) is 6.42 Å². The van der Waals surface area contributed by atoms with Gasteiger partial charge in [-0.05, 0) is 64.0 Å². The normalized spacial score (nSPS) is 19.6. The molecule has 0 bridgehead atoms. The highest BCUT2D eigenvalue weighted by molar-refractivity contribution is 5.90. The number of likely N-dealkylation sites (tertiary alicyclic amines) is 1. The molecular weight excluding hydrogens is 672 g/mol. The maximum atomic E-state index is 14.3. The van der Waals surface area contributed by atoms with Gasteiger partial charge in [0.1, 0.15) is 0 Å². The SMILES string of the molecule is CO[C@H]([C@@H](C)C(=O)N[C@H](C)[C@@H](O)c1ccccc1)[C@@H]1CCCN1C(=O)C[C@@H](OC)[C@H](C(C)C)N(C)C(=O)[C@@H](CC(=O)[C@H](C(C)C)N(C)C(C)C)C(C)C. The van der Waals surface area contributed by atoms with Gasteiger partial charge in [-0.3, -0.25) is 24.1 Å². The van der Waals surface area contributed by atoms with Crippen LogP contribution in [0, 0.1) is 29.6 Å². The van der Waals surface area contributed by atoms with E-state index in [4.69, 9.17) is 9.47 Å². The average Bonchev–Trinajstić information content (AvgIpc) is 3.59. The van der Waals surface area contributed by atoms with Crippen molar-refractivity contribution in [3.63, 3.8) is 0 Å². The molecule has 9 atom stereocenters. The van der Waals surface area contributed by atoms with Crippen LogP contribution in [0.5, 0.6) is 0 Å². The van der Waals surface area contributed by atoms with Crippen molar-refractivity contribution in [3.05, 3.63) is 35.9 Å². The maximum absolute atomic E-state index is 14.3. The van der Waals surface area contributed by atoms with Crippen LogP contribution in [0.25, 0.3) is 0 Å². The standard InChI is InChI=1S/C42H72N4O7/c1-25(2)32(23-34(47)37(26(3)4)44(11)28(7)8)42(51)45(12)38(27(5)6)35(52-13)24-36(48)46-22-18-21-33(46)40(53-14)29(9)41(50)43-30(10)39(49)31-19-16-15-17-20-31/h15-17,19-20,25-30,32-33,35,37-40,49H,18,21-24H2,1-14H3,(H,43,50)/t29-,30-,32+,33+,35-,37+,38+,39-,40-/m1/s1. The Bertz CT molecular complexity index is 1310. The highest BCUT2D eigenvalue weighted by Crippen LogP contribution is 2.31. The van der Waals surface area contributed by atoms with Gasteiger partial charge in [0.15, 0.2) is 5.78 Å². The molecule has 11 nitrogen and oxygen atoms in total. The summed E-state index contributed by atoms with van der Waals surface area (Å²) in [5.41, 5.74) is 0.714. The summed E-state index contributed by atoms with van der Waals surface area (Å²) in [6, 6.07) is 7.81. The summed E-state index contributed by atoms with van der Waals surface area (Å²) in [5, 5.41) is 13.8. The van der Waals surface area contributed by atoms with E-state index < -0.39 is 42.2 Å². The second-order valence-electron chi connectivity index (χ2n) is 16.6. The summed E-state index contributed by atoms with van der Waals surface area (Å²) in [6.45, 7) is 20.3. The van der Waals surface area contributed by atoms with Crippen molar-refractivity contribution >= 4 is 23.5 Å². The van der Waals surface area contributed by atoms with Crippen LogP contribution in [0.2, 0.25) is 0 Å². The smallest absolute Gasteiger partial charge is 0.226 e. The van der Waals surface area contributed by atoms with Gasteiger partial charge >= 0.3 is 0 Å². The molecule has 1 aromatic rings. The Hall–Kier alpha value is -2.86. The number of carbonyl (C=O) groups excluding carboxylic acids is 4. The Morgan fingerprint density at radius 3 is 1.96 bits per heavy atom. The zero-order chi connectivity index (χ0) is 40.3. The van der Waals surface area contributed by atoms with E-state index in [-0.39, 0.29) is 72.2 Å². The second-order valence-corrected chi connectivity index (χ2v) is 16.6. The lowest BCUT2D eigenvalue weighted by atomic mass is 9.84. The van der Waals surface area contributed by atoms with E-state index in [1.807, 2.05) is 78.9 Å². The largest absolute Gasteiger partial charge is 0.386 e. The number of benzene rings is 1. The molecule has 1 saturated heterocycles. The molecule has 3 amide bonds. The van der Waals surface area contributed by atoms with Gasteiger partial charge in [-0.2, -0.15) is 0 Å².